The zero-order valence-corrected chi connectivity index (χ0v) is 14.9. The normalized spacial score (nSPS) is 10.7. The minimum Gasteiger partial charge on any atom is -0.383 e. The van der Waals surface area contributed by atoms with E-state index in [-0.39, 0.29) is 5.91 Å². The highest BCUT2D eigenvalue weighted by Gasteiger charge is 2.19. The number of methoxy groups -OCH3 is 1. The fourth-order valence-corrected chi connectivity index (χ4v) is 3.03. The lowest BCUT2D eigenvalue weighted by atomic mass is 10.2. The van der Waals surface area contributed by atoms with Gasteiger partial charge < -0.3 is 4.74 Å². The molecular weight excluding hydrogens is 334 g/mol. The number of carbonyl (C=O) groups is 1. The van der Waals surface area contributed by atoms with Crippen molar-refractivity contribution in [2.24, 2.45) is 0 Å². The van der Waals surface area contributed by atoms with Crippen molar-refractivity contribution in [3.05, 3.63) is 29.3 Å². The molecule has 1 amide bonds. The summed E-state index contributed by atoms with van der Waals surface area (Å²) in [6.45, 7) is 3.01. The van der Waals surface area contributed by atoms with Crippen LogP contribution in [-0.4, -0.2) is 36.4 Å². The Morgan fingerprint density at radius 3 is 2.70 bits per heavy atom. The second-order valence-corrected chi connectivity index (χ2v) is 6.43. The second-order valence-electron chi connectivity index (χ2n) is 5.04. The molecule has 0 bridgehead atoms. The van der Waals surface area contributed by atoms with E-state index in [0.29, 0.717) is 29.7 Å². The largest absolute Gasteiger partial charge is 0.383 e. The summed E-state index contributed by atoms with van der Waals surface area (Å²) in [5.74, 6) is 0.0581. The SMILES string of the molecule is CCCCC(=O)N(CCOC)c1nnc(-c2ccc(Cl)cc2)s1. The summed E-state index contributed by atoms with van der Waals surface area (Å²) in [5, 5.41) is 10.4. The van der Waals surface area contributed by atoms with Crippen LogP contribution in [0, 0.1) is 0 Å². The topological polar surface area (TPSA) is 55.3 Å². The van der Waals surface area contributed by atoms with E-state index >= 15 is 0 Å². The van der Waals surface area contributed by atoms with Crippen LogP contribution in [0.2, 0.25) is 5.02 Å². The third-order valence-electron chi connectivity index (χ3n) is 3.30. The van der Waals surface area contributed by atoms with Crippen molar-refractivity contribution in [3.63, 3.8) is 0 Å². The predicted octanol–water partition coefficient (Wildman–Crippen LogP) is 4.03. The molecule has 1 heterocycles. The van der Waals surface area contributed by atoms with Gasteiger partial charge in [0.1, 0.15) is 5.01 Å². The zero-order chi connectivity index (χ0) is 16.7. The van der Waals surface area contributed by atoms with Gasteiger partial charge in [0.2, 0.25) is 11.0 Å². The number of halogens is 1. The van der Waals surface area contributed by atoms with Gasteiger partial charge in [-0.1, -0.05) is 48.4 Å². The average Bonchev–Trinajstić information content (AvgIpc) is 3.03. The number of rotatable bonds is 8. The van der Waals surface area contributed by atoms with Gasteiger partial charge >= 0.3 is 0 Å². The Kier molecular flexibility index (Phi) is 6.95. The van der Waals surface area contributed by atoms with E-state index in [1.807, 2.05) is 24.3 Å². The molecule has 0 spiro atoms. The molecule has 0 radical (unpaired) electrons. The number of carbonyl (C=O) groups excluding carboxylic acids is 1. The summed E-state index contributed by atoms with van der Waals surface area (Å²) in [4.78, 5) is 14.1. The van der Waals surface area contributed by atoms with Gasteiger partial charge in [-0.05, 0) is 18.6 Å². The van der Waals surface area contributed by atoms with E-state index in [2.05, 4.69) is 17.1 Å². The summed E-state index contributed by atoms with van der Waals surface area (Å²) in [7, 11) is 1.62. The van der Waals surface area contributed by atoms with Crippen LogP contribution in [0.25, 0.3) is 10.6 Å². The Morgan fingerprint density at radius 2 is 2.04 bits per heavy atom. The Balaban J connectivity index is 2.18. The van der Waals surface area contributed by atoms with E-state index in [0.717, 1.165) is 23.4 Å². The van der Waals surface area contributed by atoms with Gasteiger partial charge in [-0.25, -0.2) is 0 Å². The molecule has 0 unspecified atom stereocenters. The van der Waals surface area contributed by atoms with Crippen molar-refractivity contribution in [1.82, 2.24) is 10.2 Å². The van der Waals surface area contributed by atoms with E-state index in [1.165, 1.54) is 11.3 Å². The summed E-state index contributed by atoms with van der Waals surface area (Å²) >= 11 is 7.30. The minimum atomic E-state index is 0.0581. The molecule has 0 aliphatic heterocycles. The molecule has 0 N–H and O–H groups in total. The van der Waals surface area contributed by atoms with Crippen molar-refractivity contribution < 1.29 is 9.53 Å². The Labute approximate surface area is 145 Å². The highest BCUT2D eigenvalue weighted by atomic mass is 35.5. The monoisotopic (exact) mass is 353 g/mol. The summed E-state index contributed by atoms with van der Waals surface area (Å²) < 4.78 is 5.10. The van der Waals surface area contributed by atoms with Crippen LogP contribution in [0.1, 0.15) is 26.2 Å². The first-order chi connectivity index (χ1) is 11.2. The first-order valence-electron chi connectivity index (χ1n) is 7.54. The van der Waals surface area contributed by atoms with Crippen LogP contribution in [0.5, 0.6) is 0 Å². The van der Waals surface area contributed by atoms with Gasteiger partial charge in [0.05, 0.1) is 13.2 Å². The number of anilines is 1. The second kappa shape index (κ2) is 8.96. The van der Waals surface area contributed by atoms with Crippen LogP contribution >= 0.6 is 22.9 Å². The van der Waals surface area contributed by atoms with E-state index < -0.39 is 0 Å². The number of hydrogen-bond acceptors (Lipinski definition) is 5. The van der Waals surface area contributed by atoms with Gasteiger partial charge in [0, 0.05) is 24.1 Å². The highest BCUT2D eigenvalue weighted by molar-refractivity contribution is 7.18. The molecular formula is C16H20ClN3O2S. The maximum Gasteiger partial charge on any atom is 0.228 e. The number of amides is 1. The smallest absolute Gasteiger partial charge is 0.228 e. The van der Waals surface area contributed by atoms with Crippen molar-refractivity contribution in [2.45, 2.75) is 26.2 Å². The van der Waals surface area contributed by atoms with E-state index in [9.17, 15) is 4.79 Å². The summed E-state index contributed by atoms with van der Waals surface area (Å²) in [6.07, 6.45) is 2.36. The number of ether oxygens (including phenoxy) is 1. The molecule has 0 saturated heterocycles. The number of unbranched alkanes of at least 4 members (excludes halogenated alkanes) is 1. The van der Waals surface area contributed by atoms with Gasteiger partial charge in [0.15, 0.2) is 0 Å². The Hall–Kier alpha value is -1.50. The molecule has 0 atom stereocenters. The fourth-order valence-electron chi connectivity index (χ4n) is 2.01. The molecule has 0 fully saturated rings. The summed E-state index contributed by atoms with van der Waals surface area (Å²) in [6, 6.07) is 7.41. The van der Waals surface area contributed by atoms with Gasteiger partial charge in [-0.3, -0.25) is 9.69 Å². The van der Waals surface area contributed by atoms with E-state index in [4.69, 9.17) is 16.3 Å². The minimum absolute atomic E-state index is 0.0581. The lowest BCUT2D eigenvalue weighted by Gasteiger charge is -2.18. The van der Waals surface area contributed by atoms with Crippen molar-refractivity contribution in [2.75, 3.05) is 25.2 Å². The standard InChI is InChI=1S/C16H20ClN3O2S/c1-3-4-5-14(21)20(10-11-22-2)16-19-18-15(23-16)12-6-8-13(17)9-7-12/h6-9H,3-5,10-11H2,1-2H3. The fraction of sp³-hybridized carbons (Fsp3) is 0.438. The third-order valence-corrected chi connectivity index (χ3v) is 4.55. The molecule has 2 aromatic rings. The number of aromatic nitrogens is 2. The zero-order valence-electron chi connectivity index (χ0n) is 13.3. The molecule has 124 valence electrons. The maximum atomic E-state index is 12.4. The average molecular weight is 354 g/mol. The third kappa shape index (κ3) is 4.99. The molecule has 23 heavy (non-hydrogen) atoms. The van der Waals surface area contributed by atoms with Crippen molar-refractivity contribution >= 4 is 34.0 Å². The molecule has 5 nitrogen and oxygen atoms in total. The van der Waals surface area contributed by atoms with Crippen LogP contribution < -0.4 is 4.90 Å². The van der Waals surface area contributed by atoms with Gasteiger partial charge in [0.25, 0.3) is 0 Å². The summed E-state index contributed by atoms with van der Waals surface area (Å²) in [5.41, 5.74) is 0.936. The first-order valence-corrected chi connectivity index (χ1v) is 8.74. The Bertz CT molecular complexity index is 631. The van der Waals surface area contributed by atoms with Gasteiger partial charge in [-0.15, -0.1) is 10.2 Å². The van der Waals surface area contributed by atoms with Crippen LogP contribution in [0.15, 0.2) is 24.3 Å². The van der Waals surface area contributed by atoms with Gasteiger partial charge in [-0.2, -0.15) is 0 Å². The lowest BCUT2D eigenvalue weighted by Crippen LogP contribution is -2.33. The quantitative estimate of drug-likeness (QED) is 0.719. The lowest BCUT2D eigenvalue weighted by molar-refractivity contribution is -0.118. The number of benzene rings is 1. The molecule has 7 heteroatoms. The highest BCUT2D eigenvalue weighted by Crippen LogP contribution is 2.29. The van der Waals surface area contributed by atoms with Crippen LogP contribution in [0.3, 0.4) is 0 Å². The van der Waals surface area contributed by atoms with E-state index in [1.54, 1.807) is 12.0 Å². The van der Waals surface area contributed by atoms with Crippen molar-refractivity contribution in [1.29, 1.82) is 0 Å². The van der Waals surface area contributed by atoms with Crippen LogP contribution in [0.4, 0.5) is 5.13 Å². The molecule has 0 aliphatic rings. The molecule has 1 aromatic heterocycles. The molecule has 2 rings (SSSR count). The van der Waals surface area contributed by atoms with Crippen molar-refractivity contribution in [3.8, 4) is 10.6 Å². The number of nitrogens with zero attached hydrogens (tertiary/aromatic N) is 3. The maximum absolute atomic E-state index is 12.4. The first kappa shape index (κ1) is 17.8. The van der Waals surface area contributed by atoms with Crippen LogP contribution in [-0.2, 0) is 9.53 Å². The Morgan fingerprint density at radius 1 is 1.30 bits per heavy atom. The predicted molar refractivity (Wildman–Crippen MR) is 94.1 cm³/mol. The molecule has 1 aromatic carbocycles. The number of hydrogen-bond donors (Lipinski definition) is 0. The molecule has 0 aliphatic carbocycles. The molecule has 0 saturated carbocycles.